The molecule has 0 saturated carbocycles. The lowest BCUT2D eigenvalue weighted by atomic mass is 10.00. The van der Waals surface area contributed by atoms with Crippen LogP contribution in [0.1, 0.15) is 36.8 Å². The Morgan fingerprint density at radius 2 is 1.81 bits per heavy atom. The molecule has 5 rings (SSSR count). The summed E-state index contributed by atoms with van der Waals surface area (Å²) >= 11 is 5.52. The molecule has 2 saturated heterocycles. The van der Waals surface area contributed by atoms with Crippen LogP contribution in [0.15, 0.2) is 30.3 Å². The molecule has 1 atom stereocenters. The number of ether oxygens (including phenoxy) is 1. The maximum absolute atomic E-state index is 5.67. The second-order valence-electron chi connectivity index (χ2n) is 8.51. The van der Waals surface area contributed by atoms with Gasteiger partial charge in [0.05, 0.1) is 6.10 Å². The number of aromatic nitrogens is 2. The molecule has 4 heterocycles. The first-order valence-corrected chi connectivity index (χ1v) is 11.8. The normalized spacial score (nSPS) is 20.6. The van der Waals surface area contributed by atoms with Crippen molar-refractivity contribution < 1.29 is 4.74 Å². The van der Waals surface area contributed by atoms with E-state index in [4.69, 9.17) is 26.9 Å². The van der Waals surface area contributed by atoms with Gasteiger partial charge in [-0.2, -0.15) is 9.97 Å². The Balaban J connectivity index is 1.33. The van der Waals surface area contributed by atoms with E-state index in [9.17, 15) is 0 Å². The van der Waals surface area contributed by atoms with Gasteiger partial charge < -0.3 is 25.2 Å². The largest absolute Gasteiger partial charge is 0.376 e. The van der Waals surface area contributed by atoms with Crippen LogP contribution < -0.4 is 20.4 Å². The number of hydrogen-bond acceptors (Lipinski definition) is 6. The Morgan fingerprint density at radius 3 is 2.58 bits per heavy atom. The first kappa shape index (κ1) is 20.5. The van der Waals surface area contributed by atoms with E-state index in [-0.39, 0.29) is 6.10 Å². The third-order valence-electron chi connectivity index (χ3n) is 6.32. The van der Waals surface area contributed by atoms with Crippen LogP contribution >= 0.6 is 12.2 Å². The fraction of sp³-hybridized carbons (Fsp3) is 0.522. The van der Waals surface area contributed by atoms with Crippen molar-refractivity contribution in [3.63, 3.8) is 0 Å². The summed E-state index contributed by atoms with van der Waals surface area (Å²) in [5.41, 5.74) is 2.81. The van der Waals surface area contributed by atoms with Crippen molar-refractivity contribution >= 4 is 34.9 Å². The highest BCUT2D eigenvalue weighted by molar-refractivity contribution is 7.80. The number of rotatable bonds is 5. The molecule has 0 unspecified atom stereocenters. The molecule has 7 nitrogen and oxygen atoms in total. The second-order valence-corrected chi connectivity index (χ2v) is 8.92. The standard InChI is InChI=1S/C23H30N6OS/c31-23(24-15-19-8-5-13-30-19)27-22-25-20(28-10-3-4-11-28)14-21(26-22)29-12-9-17-6-1-2-7-18(17)16-29/h1-2,6-7,14,19H,3-5,8-13,15-16H2,(H2,24,25,26,27,31)/t19-/m1/s1. The van der Waals surface area contributed by atoms with Gasteiger partial charge in [0.1, 0.15) is 11.6 Å². The molecule has 1 aromatic carbocycles. The highest BCUT2D eigenvalue weighted by Crippen LogP contribution is 2.28. The van der Waals surface area contributed by atoms with Gasteiger partial charge >= 0.3 is 0 Å². The van der Waals surface area contributed by atoms with E-state index in [1.165, 1.54) is 24.0 Å². The average Bonchev–Trinajstić information content (AvgIpc) is 3.51. The summed E-state index contributed by atoms with van der Waals surface area (Å²) in [7, 11) is 0. The van der Waals surface area contributed by atoms with E-state index in [1.807, 2.05) is 0 Å². The number of nitrogens with one attached hydrogen (secondary N) is 2. The smallest absolute Gasteiger partial charge is 0.232 e. The van der Waals surface area contributed by atoms with Crippen molar-refractivity contribution in [3.05, 3.63) is 41.5 Å². The van der Waals surface area contributed by atoms with E-state index in [1.54, 1.807) is 0 Å². The zero-order chi connectivity index (χ0) is 21.0. The molecule has 3 aliphatic heterocycles. The van der Waals surface area contributed by atoms with Crippen molar-refractivity contribution in [1.82, 2.24) is 15.3 Å². The number of benzene rings is 1. The highest BCUT2D eigenvalue weighted by atomic mass is 32.1. The second kappa shape index (κ2) is 9.36. The molecule has 0 aliphatic carbocycles. The minimum absolute atomic E-state index is 0.237. The van der Waals surface area contributed by atoms with Crippen LogP contribution in [0.25, 0.3) is 0 Å². The van der Waals surface area contributed by atoms with Crippen LogP contribution in [0.2, 0.25) is 0 Å². The molecule has 164 valence electrons. The number of anilines is 3. The third-order valence-corrected chi connectivity index (χ3v) is 6.57. The van der Waals surface area contributed by atoms with Crippen LogP contribution in [0.5, 0.6) is 0 Å². The van der Waals surface area contributed by atoms with Gasteiger partial charge in [-0.1, -0.05) is 24.3 Å². The minimum Gasteiger partial charge on any atom is -0.376 e. The summed E-state index contributed by atoms with van der Waals surface area (Å²) in [6, 6.07) is 10.8. The van der Waals surface area contributed by atoms with Crippen LogP contribution in [-0.4, -0.2) is 54.0 Å². The van der Waals surface area contributed by atoms with Gasteiger partial charge in [-0.3, -0.25) is 0 Å². The Labute approximate surface area is 189 Å². The van der Waals surface area contributed by atoms with Crippen molar-refractivity contribution in [2.24, 2.45) is 0 Å². The van der Waals surface area contributed by atoms with Crippen LogP contribution in [0.4, 0.5) is 17.6 Å². The molecule has 8 heteroatoms. The molecule has 31 heavy (non-hydrogen) atoms. The zero-order valence-corrected chi connectivity index (χ0v) is 18.7. The molecule has 0 radical (unpaired) electrons. The first-order chi connectivity index (χ1) is 15.2. The number of nitrogens with zero attached hydrogens (tertiary/aromatic N) is 4. The molecule has 0 bridgehead atoms. The summed E-state index contributed by atoms with van der Waals surface area (Å²) < 4.78 is 5.67. The van der Waals surface area contributed by atoms with E-state index in [0.717, 1.165) is 63.7 Å². The molecule has 0 spiro atoms. The van der Waals surface area contributed by atoms with E-state index in [2.05, 4.69) is 50.8 Å². The predicted octanol–water partition coefficient (Wildman–Crippen LogP) is 3.10. The van der Waals surface area contributed by atoms with E-state index < -0.39 is 0 Å². The third kappa shape index (κ3) is 4.91. The summed E-state index contributed by atoms with van der Waals surface area (Å²) in [5.74, 6) is 2.49. The van der Waals surface area contributed by atoms with Crippen LogP contribution in [-0.2, 0) is 17.7 Å². The highest BCUT2D eigenvalue weighted by Gasteiger charge is 2.22. The fourth-order valence-corrected chi connectivity index (χ4v) is 4.77. The van der Waals surface area contributed by atoms with Crippen molar-refractivity contribution in [2.45, 2.75) is 44.8 Å². The Morgan fingerprint density at radius 1 is 1.03 bits per heavy atom. The van der Waals surface area contributed by atoms with Gasteiger partial charge in [0.25, 0.3) is 0 Å². The Bertz CT molecular complexity index is 926. The molecule has 2 fully saturated rings. The number of fused-ring (bicyclic) bond motifs is 1. The lowest BCUT2D eigenvalue weighted by Crippen LogP contribution is -2.36. The van der Waals surface area contributed by atoms with Crippen LogP contribution in [0, 0.1) is 0 Å². The van der Waals surface area contributed by atoms with Crippen molar-refractivity contribution in [1.29, 1.82) is 0 Å². The molecule has 0 amide bonds. The summed E-state index contributed by atoms with van der Waals surface area (Å²) in [4.78, 5) is 14.3. The maximum Gasteiger partial charge on any atom is 0.232 e. The average molecular weight is 439 g/mol. The number of hydrogen-bond donors (Lipinski definition) is 2. The maximum atomic E-state index is 5.67. The van der Waals surface area contributed by atoms with E-state index in [0.29, 0.717) is 17.6 Å². The summed E-state index contributed by atoms with van der Waals surface area (Å²) in [5, 5.41) is 7.03. The predicted molar refractivity (Wildman–Crippen MR) is 128 cm³/mol. The molecule has 2 aromatic rings. The van der Waals surface area contributed by atoms with E-state index >= 15 is 0 Å². The molecular weight excluding hydrogens is 408 g/mol. The SMILES string of the molecule is S=C(NC[C@H]1CCCO1)Nc1nc(N2CCCC2)cc(N2CCc3ccccc3C2)n1. The fourth-order valence-electron chi connectivity index (χ4n) is 4.60. The molecular formula is C23H30N6OS. The van der Waals surface area contributed by atoms with Crippen molar-refractivity contribution in [3.8, 4) is 0 Å². The molecule has 3 aliphatic rings. The zero-order valence-electron chi connectivity index (χ0n) is 17.8. The molecule has 1 aromatic heterocycles. The first-order valence-electron chi connectivity index (χ1n) is 11.4. The Hall–Kier alpha value is -2.45. The van der Waals surface area contributed by atoms with Crippen LogP contribution in [0.3, 0.4) is 0 Å². The summed E-state index contributed by atoms with van der Waals surface area (Å²) in [6.07, 6.45) is 5.89. The van der Waals surface area contributed by atoms with Gasteiger partial charge in [-0.15, -0.1) is 0 Å². The molecule has 2 N–H and O–H groups in total. The quantitative estimate of drug-likeness (QED) is 0.691. The van der Waals surface area contributed by atoms with Crippen molar-refractivity contribution in [2.75, 3.05) is 47.9 Å². The van der Waals surface area contributed by atoms with Gasteiger partial charge in [-0.25, -0.2) is 0 Å². The minimum atomic E-state index is 0.237. The Kier molecular flexibility index (Phi) is 6.18. The van der Waals surface area contributed by atoms with Gasteiger partial charge in [0.15, 0.2) is 5.11 Å². The summed E-state index contributed by atoms with van der Waals surface area (Å²) in [6.45, 7) is 5.46. The van der Waals surface area contributed by atoms with Gasteiger partial charge in [0, 0.05) is 45.4 Å². The number of thiocarbonyl (C=S) groups is 1. The lowest BCUT2D eigenvalue weighted by molar-refractivity contribution is 0.114. The van der Waals surface area contributed by atoms with Gasteiger partial charge in [-0.05, 0) is 55.4 Å². The van der Waals surface area contributed by atoms with Gasteiger partial charge in [0.2, 0.25) is 5.95 Å². The lowest BCUT2D eigenvalue weighted by Gasteiger charge is -2.30. The monoisotopic (exact) mass is 438 g/mol. The topological polar surface area (TPSA) is 65.6 Å².